The lowest BCUT2D eigenvalue weighted by atomic mass is 9.57. The number of aliphatic hydroxyl groups excluding tert-OH is 2. The molecule has 4 atom stereocenters. The molecule has 1 heterocycles. The highest BCUT2D eigenvalue weighted by Gasteiger charge is 2.64. The van der Waals surface area contributed by atoms with Crippen LogP contribution in [-0.2, 0) is 27.3 Å². The van der Waals surface area contributed by atoms with Gasteiger partial charge in [-0.15, -0.1) is 11.3 Å². The molecule has 0 aliphatic heterocycles. The van der Waals surface area contributed by atoms with Gasteiger partial charge in [-0.2, -0.15) is 0 Å². The molecule has 1 fully saturated rings. The van der Waals surface area contributed by atoms with Gasteiger partial charge in [0.2, 0.25) is 5.78 Å². The van der Waals surface area contributed by atoms with E-state index in [1.807, 2.05) is 61.6 Å². The van der Waals surface area contributed by atoms with Crippen molar-refractivity contribution in [1.82, 2.24) is 9.88 Å². The van der Waals surface area contributed by atoms with Crippen LogP contribution in [0.1, 0.15) is 28.7 Å². The number of phenols is 1. The Balaban J connectivity index is 1.41. The summed E-state index contributed by atoms with van der Waals surface area (Å²) in [4.78, 5) is 47.8. The van der Waals surface area contributed by atoms with Gasteiger partial charge in [0.15, 0.2) is 16.5 Å². The molecule has 1 aromatic heterocycles. The van der Waals surface area contributed by atoms with E-state index in [-0.39, 0.29) is 36.3 Å². The summed E-state index contributed by atoms with van der Waals surface area (Å²) in [6.07, 6.45) is 0.228. The highest BCUT2D eigenvalue weighted by atomic mass is 32.1. The molecule has 246 valence electrons. The normalized spacial score (nSPS) is 23.9. The minimum atomic E-state index is -2.69. The number of aromatic nitrogens is 1. The number of carbonyl (C=O) groups excluding carboxylic acids is 3. The molecule has 0 spiro atoms. The lowest BCUT2D eigenvalue weighted by Crippen LogP contribution is -2.65. The maximum Gasteiger partial charge on any atom is 0.255 e. The SMILES string of the molecule is Cc1ccc(-c2csc(NCc3cc(N(C)C)c4c(c3O)C(O)=C3C(=O)[C@@]5(O)C(O)=C(C(N)=O)C(=O)C(N(C)C)[C@H]5C[C@H]3C4)n2)cc1. The molecule has 3 aromatic rings. The standard InChI is InChI=1S/C34H37N5O7S/c1-15-6-8-16(9-7-15)21-14-47-33(37-21)36-13-18-12-22(38(2)3)19-10-17-11-20-26(39(4)5)29(42)25(32(35)45)31(44)34(20,46)30(43)23(17)28(41)24(19)27(18)40/h6-9,12,14,17,20,26,40-41,44,46H,10-11,13H2,1-5H3,(H2,35,45)(H,36,37)/t17-,20-,26?,34-/m1/s1. The van der Waals surface area contributed by atoms with Gasteiger partial charge in [-0.05, 0) is 51.4 Å². The fraction of sp³-hybridized carbons (Fsp3) is 0.353. The molecular formula is C34H37N5O7S. The van der Waals surface area contributed by atoms with Gasteiger partial charge < -0.3 is 36.4 Å². The molecule has 12 nitrogen and oxygen atoms in total. The average molecular weight is 660 g/mol. The molecule has 1 saturated carbocycles. The van der Waals surface area contributed by atoms with Crippen molar-refractivity contribution in [3.8, 4) is 17.0 Å². The number of hydrogen-bond acceptors (Lipinski definition) is 12. The van der Waals surface area contributed by atoms with Crippen molar-refractivity contribution in [3.63, 3.8) is 0 Å². The fourth-order valence-corrected chi connectivity index (χ4v) is 7.98. The highest BCUT2D eigenvalue weighted by Crippen LogP contribution is 2.54. The Morgan fingerprint density at radius 2 is 1.81 bits per heavy atom. The van der Waals surface area contributed by atoms with Crippen LogP contribution in [-0.4, -0.2) is 87.6 Å². The van der Waals surface area contributed by atoms with E-state index in [0.717, 1.165) is 16.8 Å². The maximum absolute atomic E-state index is 14.2. The minimum absolute atomic E-state index is 0.0239. The van der Waals surface area contributed by atoms with Gasteiger partial charge in [0, 0.05) is 54.3 Å². The van der Waals surface area contributed by atoms with Crippen LogP contribution in [0.4, 0.5) is 10.8 Å². The molecule has 2 aromatic carbocycles. The summed E-state index contributed by atoms with van der Waals surface area (Å²) in [6, 6.07) is 8.70. The Hall–Kier alpha value is -4.72. The number of aliphatic hydroxyl groups is 3. The van der Waals surface area contributed by atoms with Crippen molar-refractivity contribution < 1.29 is 34.8 Å². The fourth-order valence-electron chi connectivity index (χ4n) is 7.26. The number of benzene rings is 2. The number of carbonyl (C=O) groups is 3. The molecule has 7 N–H and O–H groups in total. The van der Waals surface area contributed by atoms with Crippen molar-refractivity contribution in [2.45, 2.75) is 38.0 Å². The van der Waals surface area contributed by atoms with Crippen molar-refractivity contribution in [2.24, 2.45) is 17.6 Å². The van der Waals surface area contributed by atoms with Gasteiger partial charge in [-0.1, -0.05) is 29.8 Å². The van der Waals surface area contributed by atoms with Crippen molar-refractivity contribution in [2.75, 3.05) is 38.4 Å². The predicted octanol–water partition coefficient (Wildman–Crippen LogP) is 3.07. The molecule has 0 saturated heterocycles. The molecule has 47 heavy (non-hydrogen) atoms. The van der Waals surface area contributed by atoms with E-state index in [2.05, 4.69) is 10.3 Å². The van der Waals surface area contributed by atoms with Crippen LogP contribution in [0, 0.1) is 18.8 Å². The van der Waals surface area contributed by atoms with Crippen LogP contribution >= 0.6 is 11.3 Å². The number of nitrogens with zero attached hydrogens (tertiary/aromatic N) is 3. The van der Waals surface area contributed by atoms with Crippen molar-refractivity contribution in [1.29, 1.82) is 0 Å². The first kappa shape index (κ1) is 32.2. The summed E-state index contributed by atoms with van der Waals surface area (Å²) < 4.78 is 0. The number of phenolic OH excluding ortho intramolecular Hbond substituents is 1. The Morgan fingerprint density at radius 3 is 2.43 bits per heavy atom. The lowest BCUT2D eigenvalue weighted by molar-refractivity contribution is -0.153. The lowest BCUT2D eigenvalue weighted by Gasteiger charge is -2.50. The number of thiazole rings is 1. The third-order valence-electron chi connectivity index (χ3n) is 9.54. The quantitative estimate of drug-likeness (QED) is 0.205. The zero-order chi connectivity index (χ0) is 34.1. The number of fused-ring (bicyclic) bond motifs is 3. The Bertz CT molecular complexity index is 1890. The van der Waals surface area contributed by atoms with Crippen LogP contribution in [0.5, 0.6) is 5.75 Å². The number of Topliss-reactive ketones (excluding diaryl/α,β-unsaturated/α-hetero) is 2. The first-order valence-electron chi connectivity index (χ1n) is 15.1. The van der Waals surface area contributed by atoms with Gasteiger partial charge in [0.1, 0.15) is 22.8 Å². The second kappa shape index (κ2) is 11.5. The molecule has 13 heteroatoms. The molecule has 0 radical (unpaired) electrons. The van der Waals surface area contributed by atoms with E-state index in [0.29, 0.717) is 21.9 Å². The van der Waals surface area contributed by atoms with Crippen LogP contribution in [0.25, 0.3) is 17.0 Å². The van der Waals surface area contributed by atoms with Crippen molar-refractivity contribution >= 4 is 45.4 Å². The molecular weight excluding hydrogens is 622 g/mol. The number of likely N-dealkylation sites (N-methyl/N-ethyl adjacent to an activating group) is 1. The zero-order valence-electron chi connectivity index (χ0n) is 26.7. The second-order valence-electron chi connectivity index (χ2n) is 12.9. The van der Waals surface area contributed by atoms with Crippen LogP contribution in [0.15, 0.2) is 52.6 Å². The number of hydrogen-bond donors (Lipinski definition) is 6. The molecule has 1 amide bonds. The summed E-state index contributed by atoms with van der Waals surface area (Å²) in [6.45, 7) is 2.16. The average Bonchev–Trinajstić information content (AvgIpc) is 3.47. The van der Waals surface area contributed by atoms with Gasteiger partial charge in [0.05, 0.1) is 17.3 Å². The topological polar surface area (TPSA) is 190 Å². The number of anilines is 2. The van der Waals surface area contributed by atoms with E-state index >= 15 is 0 Å². The first-order chi connectivity index (χ1) is 22.2. The zero-order valence-corrected chi connectivity index (χ0v) is 27.5. The molecule has 3 aliphatic carbocycles. The number of nitrogens with one attached hydrogen (secondary N) is 1. The number of nitrogens with two attached hydrogens (primary N) is 1. The van der Waals surface area contributed by atoms with E-state index < -0.39 is 58.0 Å². The third-order valence-corrected chi connectivity index (χ3v) is 10.3. The van der Waals surface area contributed by atoms with Gasteiger partial charge >= 0.3 is 0 Å². The summed E-state index contributed by atoms with van der Waals surface area (Å²) in [5.41, 5.74) is 6.39. The summed E-state index contributed by atoms with van der Waals surface area (Å²) in [7, 11) is 6.80. The third kappa shape index (κ3) is 4.96. The Kier molecular flexibility index (Phi) is 7.89. The molecule has 6 rings (SSSR count). The van der Waals surface area contributed by atoms with Crippen molar-refractivity contribution in [3.05, 3.63) is 74.9 Å². The molecule has 1 unspecified atom stereocenters. The largest absolute Gasteiger partial charge is 0.508 e. The van der Waals surface area contributed by atoms with E-state index in [9.17, 15) is 34.8 Å². The summed E-state index contributed by atoms with van der Waals surface area (Å²) in [5, 5.41) is 52.1. The maximum atomic E-state index is 14.2. The smallest absolute Gasteiger partial charge is 0.255 e. The number of rotatable bonds is 7. The van der Waals surface area contributed by atoms with E-state index in [1.54, 1.807) is 14.1 Å². The second-order valence-corrected chi connectivity index (χ2v) is 13.7. The summed E-state index contributed by atoms with van der Waals surface area (Å²) >= 11 is 1.41. The van der Waals surface area contributed by atoms with Gasteiger partial charge in [0.25, 0.3) is 5.91 Å². The summed E-state index contributed by atoms with van der Waals surface area (Å²) in [5.74, 6) is -6.78. The van der Waals surface area contributed by atoms with E-state index in [1.165, 1.54) is 16.2 Å². The first-order valence-corrected chi connectivity index (χ1v) is 16.0. The van der Waals surface area contributed by atoms with Gasteiger partial charge in [-0.25, -0.2) is 4.98 Å². The van der Waals surface area contributed by atoms with Gasteiger partial charge in [-0.3, -0.25) is 19.3 Å². The van der Waals surface area contributed by atoms with E-state index in [4.69, 9.17) is 5.73 Å². The molecule has 3 aliphatic rings. The Morgan fingerprint density at radius 1 is 1.13 bits per heavy atom. The number of primary amides is 1. The highest BCUT2D eigenvalue weighted by molar-refractivity contribution is 7.14. The molecule has 0 bridgehead atoms. The number of aryl methyl sites for hydroxylation is 1. The minimum Gasteiger partial charge on any atom is -0.508 e. The Labute approximate surface area is 275 Å². The van der Waals surface area contributed by atoms with Crippen LogP contribution < -0.4 is 16.0 Å². The van der Waals surface area contributed by atoms with Crippen LogP contribution in [0.3, 0.4) is 0 Å². The monoisotopic (exact) mass is 659 g/mol. The number of ketones is 2. The number of aromatic hydroxyl groups is 1. The van der Waals surface area contributed by atoms with Crippen LogP contribution in [0.2, 0.25) is 0 Å². The number of amides is 1. The predicted molar refractivity (Wildman–Crippen MR) is 178 cm³/mol.